The van der Waals surface area contributed by atoms with Crippen LogP contribution >= 0.6 is 0 Å². The molecule has 16 heavy (non-hydrogen) atoms. The van der Waals surface area contributed by atoms with Gasteiger partial charge in [0.25, 0.3) is 0 Å². The minimum Gasteiger partial charge on any atom is -0.207 e. The summed E-state index contributed by atoms with van der Waals surface area (Å²) in [5.74, 6) is -0.280. The lowest BCUT2D eigenvalue weighted by Crippen LogP contribution is -1.90. The molecule has 0 saturated heterocycles. The maximum Gasteiger partial charge on any atom is 0.126 e. The molecule has 0 N–H and O–H groups in total. The number of hydrogen-bond donors (Lipinski definition) is 0. The standard InChI is InChI=1S/C14H10FN/c1-10-7-12(9-16)13(8-14(10)15)11-5-3-2-4-6-11/h2-8H,1H3. The number of nitriles is 1. The summed E-state index contributed by atoms with van der Waals surface area (Å²) in [7, 11) is 0. The van der Waals surface area contributed by atoms with Gasteiger partial charge < -0.3 is 0 Å². The van der Waals surface area contributed by atoms with Crippen molar-refractivity contribution in [2.24, 2.45) is 0 Å². The highest BCUT2D eigenvalue weighted by atomic mass is 19.1. The number of hydrogen-bond acceptors (Lipinski definition) is 1. The van der Waals surface area contributed by atoms with Crippen molar-refractivity contribution in [1.82, 2.24) is 0 Å². The van der Waals surface area contributed by atoms with Crippen molar-refractivity contribution in [2.45, 2.75) is 6.92 Å². The second-order valence-electron chi connectivity index (χ2n) is 3.62. The van der Waals surface area contributed by atoms with Gasteiger partial charge in [-0.25, -0.2) is 4.39 Å². The summed E-state index contributed by atoms with van der Waals surface area (Å²) in [5, 5.41) is 9.02. The van der Waals surface area contributed by atoms with E-state index in [4.69, 9.17) is 5.26 Å². The van der Waals surface area contributed by atoms with Crippen molar-refractivity contribution in [2.75, 3.05) is 0 Å². The SMILES string of the molecule is Cc1cc(C#N)c(-c2ccccc2)cc1F. The minimum absolute atomic E-state index is 0.280. The number of nitrogens with zero attached hydrogens (tertiary/aromatic N) is 1. The largest absolute Gasteiger partial charge is 0.207 e. The normalized spacial score (nSPS) is 9.81. The van der Waals surface area contributed by atoms with E-state index >= 15 is 0 Å². The topological polar surface area (TPSA) is 23.8 Å². The molecule has 0 bridgehead atoms. The van der Waals surface area contributed by atoms with Crippen LogP contribution in [0.15, 0.2) is 42.5 Å². The summed E-state index contributed by atoms with van der Waals surface area (Å²) in [6, 6.07) is 14.5. The molecule has 0 unspecified atom stereocenters. The van der Waals surface area contributed by atoms with Crippen LogP contribution in [0.3, 0.4) is 0 Å². The fourth-order valence-electron chi connectivity index (χ4n) is 1.63. The number of rotatable bonds is 1. The predicted molar refractivity (Wildman–Crippen MR) is 61.3 cm³/mol. The number of halogens is 1. The average molecular weight is 211 g/mol. The highest BCUT2D eigenvalue weighted by molar-refractivity contribution is 5.71. The predicted octanol–water partition coefficient (Wildman–Crippen LogP) is 3.67. The van der Waals surface area contributed by atoms with Crippen LogP contribution in [-0.2, 0) is 0 Å². The Kier molecular flexibility index (Phi) is 2.70. The zero-order valence-corrected chi connectivity index (χ0v) is 8.87. The van der Waals surface area contributed by atoms with Gasteiger partial charge in [0.2, 0.25) is 0 Å². The van der Waals surface area contributed by atoms with E-state index in [2.05, 4.69) is 6.07 Å². The van der Waals surface area contributed by atoms with Crippen molar-refractivity contribution < 1.29 is 4.39 Å². The third-order valence-electron chi connectivity index (χ3n) is 2.50. The van der Waals surface area contributed by atoms with Gasteiger partial charge in [-0.2, -0.15) is 5.26 Å². The van der Waals surface area contributed by atoms with Crippen molar-refractivity contribution in [3.63, 3.8) is 0 Å². The maximum absolute atomic E-state index is 13.5. The Morgan fingerprint density at radius 3 is 2.44 bits per heavy atom. The van der Waals surface area contributed by atoms with Crippen molar-refractivity contribution in [3.05, 3.63) is 59.4 Å². The van der Waals surface area contributed by atoms with Gasteiger partial charge in [0.05, 0.1) is 11.6 Å². The Hall–Kier alpha value is -2.14. The molecule has 0 aliphatic carbocycles. The van der Waals surface area contributed by atoms with Crippen molar-refractivity contribution in [3.8, 4) is 17.2 Å². The molecular formula is C14H10FN. The van der Waals surface area contributed by atoms with E-state index in [1.165, 1.54) is 6.07 Å². The fourth-order valence-corrected chi connectivity index (χ4v) is 1.63. The second-order valence-corrected chi connectivity index (χ2v) is 3.62. The lowest BCUT2D eigenvalue weighted by atomic mass is 9.98. The average Bonchev–Trinajstić information content (AvgIpc) is 2.33. The lowest BCUT2D eigenvalue weighted by molar-refractivity contribution is 0.619. The number of aryl methyl sites for hydroxylation is 1. The molecular weight excluding hydrogens is 201 g/mol. The summed E-state index contributed by atoms with van der Waals surface area (Å²) in [5.41, 5.74) is 2.51. The van der Waals surface area contributed by atoms with E-state index in [0.29, 0.717) is 16.7 Å². The van der Waals surface area contributed by atoms with E-state index < -0.39 is 0 Å². The summed E-state index contributed by atoms with van der Waals surface area (Å²) >= 11 is 0. The Morgan fingerprint density at radius 2 is 1.81 bits per heavy atom. The summed E-state index contributed by atoms with van der Waals surface area (Å²) in [6.45, 7) is 1.66. The summed E-state index contributed by atoms with van der Waals surface area (Å²) in [4.78, 5) is 0. The van der Waals surface area contributed by atoms with Gasteiger partial charge >= 0.3 is 0 Å². The van der Waals surface area contributed by atoms with Gasteiger partial charge in [0, 0.05) is 5.56 Å². The third kappa shape index (κ3) is 1.80. The van der Waals surface area contributed by atoms with E-state index in [1.54, 1.807) is 13.0 Å². The van der Waals surface area contributed by atoms with E-state index in [0.717, 1.165) is 5.56 Å². The van der Waals surface area contributed by atoms with Gasteiger partial charge in [-0.3, -0.25) is 0 Å². The molecule has 2 aromatic rings. The highest BCUT2D eigenvalue weighted by Crippen LogP contribution is 2.25. The zero-order chi connectivity index (χ0) is 11.5. The molecule has 0 aliphatic rings. The van der Waals surface area contributed by atoms with Gasteiger partial charge in [0.15, 0.2) is 0 Å². The molecule has 0 spiro atoms. The fraction of sp³-hybridized carbons (Fsp3) is 0.0714. The molecule has 2 heteroatoms. The maximum atomic E-state index is 13.5. The molecule has 0 fully saturated rings. The Labute approximate surface area is 93.8 Å². The molecule has 0 heterocycles. The van der Waals surface area contributed by atoms with Crippen LogP contribution in [-0.4, -0.2) is 0 Å². The van der Waals surface area contributed by atoms with Crippen LogP contribution in [0.25, 0.3) is 11.1 Å². The Bertz CT molecular complexity index is 553. The Balaban J connectivity index is 2.66. The second kappa shape index (κ2) is 4.16. The molecule has 2 rings (SSSR count). The van der Waals surface area contributed by atoms with Gasteiger partial charge in [-0.15, -0.1) is 0 Å². The van der Waals surface area contributed by atoms with Gasteiger partial charge in [0.1, 0.15) is 5.82 Å². The molecule has 0 atom stereocenters. The van der Waals surface area contributed by atoms with Crippen LogP contribution in [0.2, 0.25) is 0 Å². The monoisotopic (exact) mass is 211 g/mol. The molecule has 0 aliphatic heterocycles. The first-order chi connectivity index (χ1) is 7.72. The van der Waals surface area contributed by atoms with Crippen LogP contribution in [0, 0.1) is 24.1 Å². The van der Waals surface area contributed by atoms with Crippen molar-refractivity contribution >= 4 is 0 Å². The van der Waals surface area contributed by atoms with Crippen LogP contribution in [0.1, 0.15) is 11.1 Å². The van der Waals surface area contributed by atoms with E-state index in [-0.39, 0.29) is 5.82 Å². The van der Waals surface area contributed by atoms with Crippen LogP contribution < -0.4 is 0 Å². The molecule has 1 nitrogen and oxygen atoms in total. The third-order valence-corrected chi connectivity index (χ3v) is 2.50. The smallest absolute Gasteiger partial charge is 0.126 e. The first-order valence-electron chi connectivity index (χ1n) is 4.98. The molecule has 78 valence electrons. The van der Waals surface area contributed by atoms with Gasteiger partial charge in [-0.1, -0.05) is 30.3 Å². The first-order valence-corrected chi connectivity index (χ1v) is 4.98. The van der Waals surface area contributed by atoms with Crippen molar-refractivity contribution in [1.29, 1.82) is 5.26 Å². The zero-order valence-electron chi connectivity index (χ0n) is 8.87. The quantitative estimate of drug-likeness (QED) is 0.706. The van der Waals surface area contributed by atoms with Crippen LogP contribution in [0.5, 0.6) is 0 Å². The first kappa shape index (κ1) is 10.4. The minimum atomic E-state index is -0.280. The van der Waals surface area contributed by atoms with E-state index in [1.807, 2.05) is 30.3 Å². The number of benzene rings is 2. The van der Waals surface area contributed by atoms with Crippen LogP contribution in [0.4, 0.5) is 4.39 Å². The molecule has 0 aromatic heterocycles. The Morgan fingerprint density at radius 1 is 1.12 bits per heavy atom. The molecule has 2 aromatic carbocycles. The van der Waals surface area contributed by atoms with Gasteiger partial charge in [-0.05, 0) is 30.2 Å². The highest BCUT2D eigenvalue weighted by Gasteiger charge is 2.08. The lowest BCUT2D eigenvalue weighted by Gasteiger charge is -2.06. The summed E-state index contributed by atoms with van der Waals surface area (Å²) in [6.07, 6.45) is 0. The molecule has 0 saturated carbocycles. The molecule has 0 amide bonds. The van der Waals surface area contributed by atoms with E-state index in [9.17, 15) is 4.39 Å². The molecule has 0 radical (unpaired) electrons. The summed E-state index contributed by atoms with van der Waals surface area (Å²) < 4.78 is 13.5.